The summed E-state index contributed by atoms with van der Waals surface area (Å²) in [5, 5.41) is 9.87. The second kappa shape index (κ2) is 5.83. The fraction of sp³-hybridized carbons (Fsp3) is 0.214. The summed E-state index contributed by atoms with van der Waals surface area (Å²) in [6, 6.07) is 9.96. The van der Waals surface area contributed by atoms with Gasteiger partial charge < -0.3 is 5.73 Å². The van der Waals surface area contributed by atoms with Crippen LogP contribution in [0.4, 0.5) is 5.13 Å². The van der Waals surface area contributed by atoms with E-state index in [1.54, 1.807) is 0 Å². The number of aromatic amines is 1. The SMILES string of the molecule is Nc1nc(CCCc2nc(-c3ccccc3)n[nH]2)cs1. The number of nitrogens with two attached hydrogens (primary N) is 1. The van der Waals surface area contributed by atoms with Crippen LogP contribution in [0.3, 0.4) is 0 Å². The fourth-order valence-corrected chi connectivity index (χ4v) is 2.60. The molecule has 1 aromatic carbocycles. The predicted octanol–water partition coefficient (Wildman–Crippen LogP) is 2.69. The number of hydrogen-bond acceptors (Lipinski definition) is 5. The number of H-pyrrole nitrogens is 1. The largest absolute Gasteiger partial charge is 0.375 e. The van der Waals surface area contributed by atoms with Gasteiger partial charge in [0.25, 0.3) is 0 Å². The molecule has 6 heteroatoms. The standard InChI is InChI=1S/C14H15N5S/c15-14-16-11(9-20-14)7-4-8-12-17-13(19-18-12)10-5-2-1-3-6-10/h1-3,5-6,9H,4,7-8H2,(H2,15,16)(H,17,18,19). The number of aromatic nitrogens is 4. The van der Waals surface area contributed by atoms with Gasteiger partial charge in [-0.2, -0.15) is 5.10 Å². The Hall–Kier alpha value is -2.21. The van der Waals surface area contributed by atoms with Crippen LogP contribution in [-0.2, 0) is 12.8 Å². The van der Waals surface area contributed by atoms with Crippen LogP contribution in [0.25, 0.3) is 11.4 Å². The molecule has 0 bridgehead atoms. The average molecular weight is 285 g/mol. The maximum atomic E-state index is 5.61. The molecular formula is C14H15N5S. The number of benzene rings is 1. The number of anilines is 1. The van der Waals surface area contributed by atoms with Crippen molar-refractivity contribution in [2.24, 2.45) is 0 Å². The van der Waals surface area contributed by atoms with E-state index in [0.29, 0.717) is 5.13 Å². The number of nitrogen functional groups attached to an aromatic ring is 1. The molecule has 0 fully saturated rings. The second-order valence-electron chi connectivity index (χ2n) is 4.50. The Morgan fingerprint density at radius 3 is 2.70 bits per heavy atom. The Bertz CT molecular complexity index is 674. The topological polar surface area (TPSA) is 80.5 Å². The zero-order valence-corrected chi connectivity index (χ0v) is 11.7. The van der Waals surface area contributed by atoms with Crippen molar-refractivity contribution in [2.45, 2.75) is 19.3 Å². The molecule has 0 saturated heterocycles. The third-order valence-electron chi connectivity index (χ3n) is 2.98. The molecule has 0 unspecified atom stereocenters. The Labute approximate surface area is 120 Å². The number of nitrogens with zero attached hydrogens (tertiary/aromatic N) is 3. The molecule has 2 heterocycles. The van der Waals surface area contributed by atoms with Gasteiger partial charge in [0.1, 0.15) is 5.82 Å². The molecule has 3 aromatic rings. The molecule has 20 heavy (non-hydrogen) atoms. The van der Waals surface area contributed by atoms with Crippen molar-refractivity contribution < 1.29 is 0 Å². The summed E-state index contributed by atoms with van der Waals surface area (Å²) >= 11 is 1.48. The molecule has 0 saturated carbocycles. The van der Waals surface area contributed by atoms with E-state index in [-0.39, 0.29) is 0 Å². The molecule has 0 aliphatic rings. The van der Waals surface area contributed by atoms with Crippen molar-refractivity contribution in [3.8, 4) is 11.4 Å². The molecule has 0 aliphatic heterocycles. The maximum absolute atomic E-state index is 5.61. The first kappa shape index (κ1) is 12.8. The van der Waals surface area contributed by atoms with E-state index in [2.05, 4.69) is 20.2 Å². The van der Waals surface area contributed by atoms with E-state index in [0.717, 1.165) is 42.2 Å². The number of hydrogen-bond donors (Lipinski definition) is 2. The highest BCUT2D eigenvalue weighted by atomic mass is 32.1. The molecule has 2 aromatic heterocycles. The molecule has 0 radical (unpaired) electrons. The van der Waals surface area contributed by atoms with Gasteiger partial charge in [-0.05, 0) is 12.8 Å². The minimum Gasteiger partial charge on any atom is -0.375 e. The van der Waals surface area contributed by atoms with Gasteiger partial charge in [0, 0.05) is 17.4 Å². The molecular weight excluding hydrogens is 270 g/mol. The summed E-state index contributed by atoms with van der Waals surface area (Å²) in [5.41, 5.74) is 7.69. The summed E-state index contributed by atoms with van der Waals surface area (Å²) < 4.78 is 0. The number of nitrogens with one attached hydrogen (secondary N) is 1. The predicted molar refractivity (Wildman–Crippen MR) is 80.4 cm³/mol. The normalized spacial score (nSPS) is 10.8. The third-order valence-corrected chi connectivity index (χ3v) is 3.70. The molecule has 102 valence electrons. The third kappa shape index (κ3) is 3.03. The van der Waals surface area contributed by atoms with E-state index in [1.165, 1.54) is 11.3 Å². The number of thiazole rings is 1. The highest BCUT2D eigenvalue weighted by Gasteiger charge is 2.06. The van der Waals surface area contributed by atoms with E-state index < -0.39 is 0 Å². The molecule has 0 spiro atoms. The Morgan fingerprint density at radius 2 is 1.95 bits per heavy atom. The maximum Gasteiger partial charge on any atom is 0.181 e. The zero-order valence-electron chi connectivity index (χ0n) is 10.9. The van der Waals surface area contributed by atoms with Gasteiger partial charge in [-0.1, -0.05) is 30.3 Å². The lowest BCUT2D eigenvalue weighted by Gasteiger charge is -1.95. The van der Waals surface area contributed by atoms with Crippen molar-refractivity contribution in [3.63, 3.8) is 0 Å². The fourth-order valence-electron chi connectivity index (χ4n) is 2.00. The van der Waals surface area contributed by atoms with Crippen LogP contribution in [0, 0.1) is 0 Å². The van der Waals surface area contributed by atoms with Crippen molar-refractivity contribution in [1.29, 1.82) is 0 Å². The van der Waals surface area contributed by atoms with Crippen molar-refractivity contribution in [3.05, 3.63) is 47.2 Å². The summed E-state index contributed by atoms with van der Waals surface area (Å²) in [5.74, 6) is 1.66. The summed E-state index contributed by atoms with van der Waals surface area (Å²) in [7, 11) is 0. The molecule has 0 amide bonds. The van der Waals surface area contributed by atoms with Crippen LogP contribution in [-0.4, -0.2) is 20.2 Å². The van der Waals surface area contributed by atoms with Gasteiger partial charge in [-0.3, -0.25) is 5.10 Å². The van der Waals surface area contributed by atoms with Gasteiger partial charge in [0.2, 0.25) is 0 Å². The van der Waals surface area contributed by atoms with Crippen molar-refractivity contribution in [1.82, 2.24) is 20.2 Å². The lowest BCUT2D eigenvalue weighted by atomic mass is 10.2. The molecule has 3 rings (SSSR count). The first-order valence-electron chi connectivity index (χ1n) is 6.48. The van der Waals surface area contributed by atoms with Crippen LogP contribution >= 0.6 is 11.3 Å². The Kier molecular flexibility index (Phi) is 3.73. The van der Waals surface area contributed by atoms with Crippen LogP contribution in [0.5, 0.6) is 0 Å². The van der Waals surface area contributed by atoms with Crippen LogP contribution in [0.1, 0.15) is 17.9 Å². The van der Waals surface area contributed by atoms with Crippen molar-refractivity contribution in [2.75, 3.05) is 5.73 Å². The van der Waals surface area contributed by atoms with Gasteiger partial charge in [-0.25, -0.2) is 9.97 Å². The lowest BCUT2D eigenvalue weighted by molar-refractivity contribution is 0.764. The Morgan fingerprint density at radius 1 is 1.10 bits per heavy atom. The first-order chi connectivity index (χ1) is 9.81. The summed E-state index contributed by atoms with van der Waals surface area (Å²) in [4.78, 5) is 8.75. The van der Waals surface area contributed by atoms with E-state index in [9.17, 15) is 0 Å². The van der Waals surface area contributed by atoms with E-state index in [1.807, 2.05) is 35.7 Å². The summed E-state index contributed by atoms with van der Waals surface area (Å²) in [6.45, 7) is 0. The minimum absolute atomic E-state index is 0.631. The highest BCUT2D eigenvalue weighted by molar-refractivity contribution is 7.13. The molecule has 3 N–H and O–H groups in total. The van der Waals surface area contributed by atoms with Crippen LogP contribution in [0.15, 0.2) is 35.7 Å². The molecule has 0 aliphatic carbocycles. The molecule has 5 nitrogen and oxygen atoms in total. The molecule has 0 atom stereocenters. The van der Waals surface area contributed by atoms with E-state index in [4.69, 9.17) is 5.73 Å². The number of aryl methyl sites for hydroxylation is 2. The minimum atomic E-state index is 0.631. The lowest BCUT2D eigenvalue weighted by Crippen LogP contribution is -1.93. The number of rotatable bonds is 5. The van der Waals surface area contributed by atoms with Crippen molar-refractivity contribution >= 4 is 16.5 Å². The van der Waals surface area contributed by atoms with Gasteiger partial charge in [0.15, 0.2) is 11.0 Å². The monoisotopic (exact) mass is 285 g/mol. The van der Waals surface area contributed by atoms with Gasteiger partial charge in [0.05, 0.1) is 5.69 Å². The Balaban J connectivity index is 1.58. The highest BCUT2D eigenvalue weighted by Crippen LogP contribution is 2.15. The van der Waals surface area contributed by atoms with Gasteiger partial charge in [-0.15, -0.1) is 11.3 Å². The quantitative estimate of drug-likeness (QED) is 0.755. The smallest absolute Gasteiger partial charge is 0.181 e. The average Bonchev–Trinajstić information content (AvgIpc) is 3.09. The van der Waals surface area contributed by atoms with Crippen LogP contribution < -0.4 is 5.73 Å². The second-order valence-corrected chi connectivity index (χ2v) is 5.39. The van der Waals surface area contributed by atoms with E-state index >= 15 is 0 Å². The zero-order chi connectivity index (χ0) is 13.8. The van der Waals surface area contributed by atoms with Gasteiger partial charge >= 0.3 is 0 Å². The first-order valence-corrected chi connectivity index (χ1v) is 7.36. The van der Waals surface area contributed by atoms with Crippen LogP contribution in [0.2, 0.25) is 0 Å². The summed E-state index contributed by atoms with van der Waals surface area (Å²) in [6.07, 6.45) is 2.75.